The third-order valence-electron chi connectivity index (χ3n) is 2.26. The Bertz CT molecular complexity index is 561. The molecule has 0 amide bonds. The Kier molecular flexibility index (Phi) is 3.87. The Morgan fingerprint density at radius 3 is 2.94 bits per heavy atom. The highest BCUT2D eigenvalue weighted by molar-refractivity contribution is 5.69. The van der Waals surface area contributed by atoms with Crippen LogP contribution in [-0.4, -0.2) is 56.2 Å². The van der Waals surface area contributed by atoms with Crippen LogP contribution in [-0.2, 0) is 4.74 Å². The maximum absolute atomic E-state index is 11.5. The molecule has 18 heavy (non-hydrogen) atoms. The lowest BCUT2D eigenvalue weighted by atomic mass is 10.4. The lowest BCUT2D eigenvalue weighted by Crippen LogP contribution is -2.25. The monoisotopic (exact) mass is 255 g/mol. The highest BCUT2D eigenvalue weighted by Crippen LogP contribution is 2.02. The first-order valence-corrected chi connectivity index (χ1v) is 5.25. The Balaban J connectivity index is 2.01. The normalized spacial score (nSPS) is 11.3. The zero-order valence-electron chi connectivity index (χ0n) is 9.38. The summed E-state index contributed by atoms with van der Waals surface area (Å²) in [6.45, 7) is -0.592. The molecular weight excluding hydrogens is 242 g/mol. The van der Waals surface area contributed by atoms with Gasteiger partial charge in [0, 0.05) is 0 Å². The summed E-state index contributed by atoms with van der Waals surface area (Å²) in [7, 11) is 0. The minimum atomic E-state index is -0.668. The fourth-order valence-corrected chi connectivity index (χ4v) is 1.32. The molecule has 0 fully saturated rings. The molecule has 9 nitrogen and oxygen atoms in total. The summed E-state index contributed by atoms with van der Waals surface area (Å²) in [5.41, 5.74) is 0.244. The molecule has 0 spiro atoms. The third kappa shape index (κ3) is 2.64. The molecule has 0 saturated heterocycles. The molecule has 0 bridgehead atoms. The number of nitrogens with zero attached hydrogens (tertiary/aromatic N) is 2. The molecule has 0 aliphatic heterocycles. The van der Waals surface area contributed by atoms with Crippen LogP contribution in [0.1, 0.15) is 0 Å². The quantitative estimate of drug-likeness (QED) is 0.391. The topological polar surface area (TPSA) is 136 Å². The number of aliphatic hydroxyl groups is 2. The summed E-state index contributed by atoms with van der Waals surface area (Å²) in [6.07, 6.45) is 0.708. The van der Waals surface area contributed by atoms with Gasteiger partial charge in [-0.05, 0) is 0 Å². The van der Waals surface area contributed by atoms with Crippen molar-refractivity contribution in [3.63, 3.8) is 0 Å². The van der Waals surface area contributed by atoms with Crippen molar-refractivity contribution >= 4 is 17.1 Å². The maximum Gasteiger partial charge on any atom is 0.278 e. The van der Waals surface area contributed by atoms with Crippen LogP contribution in [0.3, 0.4) is 0 Å². The molecule has 2 heterocycles. The van der Waals surface area contributed by atoms with Crippen LogP contribution in [0.5, 0.6) is 0 Å². The van der Waals surface area contributed by atoms with Crippen LogP contribution < -0.4 is 10.9 Å². The average molecular weight is 255 g/mol. The Hall–Kier alpha value is -1.97. The lowest BCUT2D eigenvalue weighted by Gasteiger charge is -2.12. The van der Waals surface area contributed by atoms with Gasteiger partial charge in [-0.15, -0.1) is 0 Å². The van der Waals surface area contributed by atoms with Crippen LogP contribution in [0, 0.1) is 0 Å². The van der Waals surface area contributed by atoms with Crippen LogP contribution in [0.25, 0.3) is 11.2 Å². The number of aliphatic hydroxyl groups excluding tert-OH is 2. The number of aromatic nitrogens is 4. The SMILES string of the molecule is O=c1[nH]c(NCOC(CO)CO)nc2nc[nH]c12. The molecule has 0 saturated carbocycles. The fraction of sp³-hybridized carbons (Fsp3) is 0.444. The van der Waals surface area contributed by atoms with Crippen LogP contribution >= 0.6 is 0 Å². The van der Waals surface area contributed by atoms with Crippen molar-refractivity contribution in [3.05, 3.63) is 16.7 Å². The van der Waals surface area contributed by atoms with Gasteiger partial charge in [0.25, 0.3) is 5.56 Å². The fourth-order valence-electron chi connectivity index (χ4n) is 1.32. The number of hydrogen-bond acceptors (Lipinski definition) is 7. The van der Waals surface area contributed by atoms with Gasteiger partial charge in [-0.25, -0.2) is 4.98 Å². The van der Waals surface area contributed by atoms with Crippen molar-refractivity contribution in [2.75, 3.05) is 25.3 Å². The molecule has 2 rings (SSSR count). The Morgan fingerprint density at radius 2 is 2.22 bits per heavy atom. The van der Waals surface area contributed by atoms with Crippen LogP contribution in [0.4, 0.5) is 5.95 Å². The zero-order chi connectivity index (χ0) is 13.0. The van der Waals surface area contributed by atoms with Gasteiger partial charge in [0.1, 0.15) is 12.8 Å². The molecule has 2 aromatic heterocycles. The van der Waals surface area contributed by atoms with E-state index in [0.717, 1.165) is 0 Å². The summed E-state index contributed by atoms with van der Waals surface area (Å²) >= 11 is 0. The number of anilines is 1. The van der Waals surface area contributed by atoms with E-state index in [9.17, 15) is 4.79 Å². The second-order valence-electron chi connectivity index (χ2n) is 3.49. The summed E-state index contributed by atoms with van der Waals surface area (Å²) in [5, 5.41) is 20.3. The van der Waals surface area contributed by atoms with Gasteiger partial charge >= 0.3 is 0 Å². The molecule has 0 aliphatic carbocycles. The number of rotatable bonds is 6. The van der Waals surface area contributed by atoms with E-state index in [-0.39, 0.29) is 31.5 Å². The number of H-pyrrole nitrogens is 2. The van der Waals surface area contributed by atoms with Crippen molar-refractivity contribution in [2.45, 2.75) is 6.10 Å². The molecule has 0 atom stereocenters. The predicted molar refractivity (Wildman–Crippen MR) is 62.0 cm³/mol. The van der Waals surface area contributed by atoms with Crippen LogP contribution in [0.2, 0.25) is 0 Å². The zero-order valence-corrected chi connectivity index (χ0v) is 9.38. The Labute approximate surface area is 101 Å². The van der Waals surface area contributed by atoms with Gasteiger partial charge in [-0.2, -0.15) is 4.98 Å². The minimum absolute atomic E-state index is 0.00927. The molecule has 0 aromatic carbocycles. The highest BCUT2D eigenvalue weighted by atomic mass is 16.5. The molecule has 5 N–H and O–H groups in total. The number of hydrogen-bond donors (Lipinski definition) is 5. The summed E-state index contributed by atoms with van der Waals surface area (Å²) in [4.78, 5) is 24.6. The van der Waals surface area contributed by atoms with E-state index in [1.54, 1.807) is 0 Å². The third-order valence-corrected chi connectivity index (χ3v) is 2.26. The van der Waals surface area contributed by atoms with E-state index in [4.69, 9.17) is 14.9 Å². The van der Waals surface area contributed by atoms with E-state index < -0.39 is 6.10 Å². The molecule has 2 aromatic rings. The van der Waals surface area contributed by atoms with Gasteiger partial charge in [0.05, 0.1) is 19.5 Å². The summed E-state index contributed by atoms with van der Waals surface area (Å²) in [6, 6.07) is 0. The smallest absolute Gasteiger partial charge is 0.278 e. The minimum Gasteiger partial charge on any atom is -0.394 e. The second kappa shape index (κ2) is 5.58. The van der Waals surface area contributed by atoms with Crippen LogP contribution in [0.15, 0.2) is 11.1 Å². The van der Waals surface area contributed by atoms with Gasteiger partial charge in [-0.3, -0.25) is 9.78 Å². The molecule has 0 radical (unpaired) electrons. The summed E-state index contributed by atoms with van der Waals surface area (Å²) in [5.74, 6) is 0.203. The van der Waals surface area contributed by atoms with Crippen molar-refractivity contribution in [2.24, 2.45) is 0 Å². The first-order valence-electron chi connectivity index (χ1n) is 5.25. The van der Waals surface area contributed by atoms with Gasteiger partial charge < -0.3 is 25.3 Å². The number of imidazole rings is 1. The van der Waals surface area contributed by atoms with Gasteiger partial charge in [0.2, 0.25) is 5.95 Å². The van der Waals surface area contributed by atoms with E-state index in [0.29, 0.717) is 11.2 Å². The molecule has 0 unspecified atom stereocenters. The lowest BCUT2D eigenvalue weighted by molar-refractivity contribution is -0.0118. The summed E-state index contributed by atoms with van der Waals surface area (Å²) < 4.78 is 5.08. The number of nitrogens with one attached hydrogen (secondary N) is 3. The van der Waals surface area contributed by atoms with Gasteiger partial charge in [-0.1, -0.05) is 0 Å². The predicted octanol–water partition coefficient (Wildman–Crippen LogP) is -1.61. The maximum atomic E-state index is 11.5. The van der Waals surface area contributed by atoms with E-state index in [2.05, 4.69) is 25.3 Å². The molecule has 98 valence electrons. The largest absolute Gasteiger partial charge is 0.394 e. The molecule has 9 heteroatoms. The van der Waals surface area contributed by atoms with E-state index in [1.807, 2.05) is 0 Å². The van der Waals surface area contributed by atoms with Gasteiger partial charge in [0.15, 0.2) is 11.2 Å². The van der Waals surface area contributed by atoms with Crippen molar-refractivity contribution in [3.8, 4) is 0 Å². The molecular formula is C9H13N5O4. The first kappa shape index (κ1) is 12.5. The second-order valence-corrected chi connectivity index (χ2v) is 3.49. The molecule has 0 aliphatic rings. The first-order chi connectivity index (χ1) is 8.74. The van der Waals surface area contributed by atoms with E-state index >= 15 is 0 Å². The van der Waals surface area contributed by atoms with E-state index in [1.165, 1.54) is 6.33 Å². The van der Waals surface area contributed by atoms with Crippen molar-refractivity contribution < 1.29 is 14.9 Å². The van der Waals surface area contributed by atoms with Crippen molar-refractivity contribution in [1.29, 1.82) is 0 Å². The van der Waals surface area contributed by atoms with Crippen molar-refractivity contribution in [1.82, 2.24) is 19.9 Å². The number of fused-ring (bicyclic) bond motifs is 1. The Morgan fingerprint density at radius 1 is 1.44 bits per heavy atom. The standard InChI is InChI=1S/C9H13N5O4/c15-1-5(2-16)18-4-12-9-13-7-6(8(17)14-9)10-3-11-7/h3,5,15-16H,1-2,4H2,(H3,10,11,12,13,14,17). The number of ether oxygens (including phenoxy) is 1. The average Bonchev–Trinajstić information content (AvgIpc) is 2.83. The number of aromatic amines is 2. The highest BCUT2D eigenvalue weighted by Gasteiger charge is 2.07.